The molecular weight excluding hydrogens is 236 g/mol. The molecule has 1 N–H and O–H groups in total. The van der Waals surface area contributed by atoms with Gasteiger partial charge in [0.05, 0.1) is 24.5 Å². The Labute approximate surface area is 106 Å². The van der Waals surface area contributed by atoms with Crippen molar-refractivity contribution < 1.29 is 9.84 Å². The van der Waals surface area contributed by atoms with Crippen LogP contribution in [0, 0.1) is 0 Å². The molecule has 0 radical (unpaired) electrons. The van der Waals surface area contributed by atoms with Gasteiger partial charge < -0.3 is 9.84 Å². The molecule has 0 amide bonds. The van der Waals surface area contributed by atoms with Crippen LogP contribution < -0.4 is 0 Å². The highest BCUT2D eigenvalue weighted by molar-refractivity contribution is 7.99. The maximum atomic E-state index is 10.1. The molecule has 0 spiro atoms. The molecule has 1 saturated heterocycles. The summed E-state index contributed by atoms with van der Waals surface area (Å²) in [6.45, 7) is 4.93. The molecule has 17 heavy (non-hydrogen) atoms. The van der Waals surface area contributed by atoms with E-state index in [9.17, 15) is 5.11 Å². The van der Waals surface area contributed by atoms with Gasteiger partial charge in [0, 0.05) is 30.2 Å². The zero-order chi connectivity index (χ0) is 12.3. The molecule has 96 valence electrons. The zero-order valence-corrected chi connectivity index (χ0v) is 11.2. The van der Waals surface area contributed by atoms with E-state index in [0.29, 0.717) is 12.5 Å². The predicted octanol–water partition coefficient (Wildman–Crippen LogP) is 1.50. The van der Waals surface area contributed by atoms with E-state index in [0.717, 1.165) is 23.8 Å². The summed E-state index contributed by atoms with van der Waals surface area (Å²) in [5.41, 5.74) is 0.936. The number of aliphatic hydroxyl groups excluding tert-OH is 1. The largest absolute Gasteiger partial charge is 0.390 e. The summed E-state index contributed by atoms with van der Waals surface area (Å²) in [5.74, 6) is 1.91. The lowest BCUT2D eigenvalue weighted by Crippen LogP contribution is -2.36. The Kier molecular flexibility index (Phi) is 4.48. The van der Waals surface area contributed by atoms with Gasteiger partial charge in [0.1, 0.15) is 0 Å². The van der Waals surface area contributed by atoms with Gasteiger partial charge >= 0.3 is 0 Å². The van der Waals surface area contributed by atoms with Crippen LogP contribution in [0.2, 0.25) is 0 Å². The van der Waals surface area contributed by atoms with Gasteiger partial charge in [-0.1, -0.05) is 0 Å². The normalized spacial score (nSPS) is 22.9. The van der Waals surface area contributed by atoms with Gasteiger partial charge in [0.2, 0.25) is 0 Å². The van der Waals surface area contributed by atoms with Gasteiger partial charge in [-0.15, -0.1) is 0 Å². The molecule has 1 aromatic rings. The van der Waals surface area contributed by atoms with Crippen molar-refractivity contribution in [3.8, 4) is 0 Å². The fourth-order valence-electron chi connectivity index (χ4n) is 1.85. The molecule has 2 unspecified atom stereocenters. The summed E-state index contributed by atoms with van der Waals surface area (Å²) in [7, 11) is 0. The summed E-state index contributed by atoms with van der Waals surface area (Å²) < 4.78 is 7.48. The van der Waals surface area contributed by atoms with Crippen LogP contribution in [0.25, 0.3) is 0 Å². The van der Waals surface area contributed by atoms with Gasteiger partial charge in [-0.3, -0.25) is 4.68 Å². The van der Waals surface area contributed by atoms with Crippen LogP contribution in [0.4, 0.5) is 0 Å². The van der Waals surface area contributed by atoms with Crippen molar-refractivity contribution in [1.82, 2.24) is 9.78 Å². The molecule has 1 aliphatic rings. The number of thioether (sulfide) groups is 1. The third-order valence-corrected chi connectivity index (χ3v) is 3.90. The van der Waals surface area contributed by atoms with Gasteiger partial charge in [0.15, 0.2) is 0 Å². The third-order valence-electron chi connectivity index (χ3n) is 2.88. The molecule has 0 saturated carbocycles. The van der Waals surface area contributed by atoms with Crippen LogP contribution in [-0.4, -0.2) is 45.2 Å². The molecule has 0 aromatic carbocycles. The summed E-state index contributed by atoms with van der Waals surface area (Å²) in [4.78, 5) is 0. The first-order valence-electron chi connectivity index (χ1n) is 6.08. The molecule has 0 bridgehead atoms. The highest BCUT2D eigenvalue weighted by Gasteiger charge is 2.23. The van der Waals surface area contributed by atoms with Crippen LogP contribution in [0.1, 0.15) is 25.6 Å². The highest BCUT2D eigenvalue weighted by Crippen LogP contribution is 2.17. The Hall–Kier alpha value is -0.520. The van der Waals surface area contributed by atoms with Crippen molar-refractivity contribution in [3.05, 3.63) is 18.0 Å². The summed E-state index contributed by atoms with van der Waals surface area (Å²) >= 11 is 1.84. The number of ether oxygens (including phenoxy) is 1. The second kappa shape index (κ2) is 5.89. The maximum absolute atomic E-state index is 10.1. The van der Waals surface area contributed by atoms with E-state index < -0.39 is 6.10 Å². The predicted molar refractivity (Wildman–Crippen MR) is 69.4 cm³/mol. The lowest BCUT2D eigenvalue weighted by atomic mass is 10.1. The smallest absolute Gasteiger partial charge is 0.0928 e. The number of hydrogen-bond acceptors (Lipinski definition) is 4. The quantitative estimate of drug-likeness (QED) is 0.887. The average Bonchev–Trinajstić information content (AvgIpc) is 2.79. The van der Waals surface area contributed by atoms with E-state index in [1.807, 2.05) is 28.7 Å². The van der Waals surface area contributed by atoms with Crippen LogP contribution in [0.15, 0.2) is 12.3 Å². The number of aliphatic hydroxyl groups is 1. The number of aromatic nitrogens is 2. The first-order valence-corrected chi connectivity index (χ1v) is 7.23. The summed E-state index contributed by atoms with van der Waals surface area (Å²) in [5, 5.41) is 14.5. The molecule has 1 aromatic heterocycles. The summed E-state index contributed by atoms with van der Waals surface area (Å²) in [6, 6.07) is 2.33. The van der Waals surface area contributed by atoms with E-state index >= 15 is 0 Å². The highest BCUT2D eigenvalue weighted by atomic mass is 32.2. The van der Waals surface area contributed by atoms with Gasteiger partial charge in [-0.2, -0.15) is 16.9 Å². The number of hydrogen-bond donors (Lipinski definition) is 1. The van der Waals surface area contributed by atoms with Gasteiger partial charge in [-0.25, -0.2) is 0 Å². The van der Waals surface area contributed by atoms with E-state index in [4.69, 9.17) is 4.74 Å². The Balaban J connectivity index is 1.90. The molecule has 4 nitrogen and oxygen atoms in total. The fraction of sp³-hybridized carbons (Fsp3) is 0.750. The van der Waals surface area contributed by atoms with Crippen molar-refractivity contribution in [2.24, 2.45) is 0 Å². The zero-order valence-electron chi connectivity index (χ0n) is 10.4. The lowest BCUT2D eigenvalue weighted by molar-refractivity contribution is -0.0212. The molecule has 2 rings (SSSR count). The maximum Gasteiger partial charge on any atom is 0.0928 e. The van der Waals surface area contributed by atoms with Crippen LogP contribution in [-0.2, 0) is 11.2 Å². The number of rotatable bonds is 4. The second-order valence-corrected chi connectivity index (χ2v) is 5.79. The van der Waals surface area contributed by atoms with Crippen LogP contribution in [0.3, 0.4) is 0 Å². The van der Waals surface area contributed by atoms with Crippen molar-refractivity contribution in [1.29, 1.82) is 0 Å². The minimum Gasteiger partial charge on any atom is -0.390 e. The third kappa shape index (κ3) is 3.47. The molecule has 2 atom stereocenters. The monoisotopic (exact) mass is 256 g/mol. The SMILES string of the molecule is CC(C)n1ccc(CC(O)C2CSCCO2)n1. The topological polar surface area (TPSA) is 47.3 Å². The first-order chi connectivity index (χ1) is 8.16. The fourth-order valence-corrected chi connectivity index (χ4v) is 2.78. The van der Waals surface area contributed by atoms with Gasteiger partial charge in [-0.05, 0) is 19.9 Å². The van der Waals surface area contributed by atoms with Crippen molar-refractivity contribution in [2.75, 3.05) is 18.1 Å². The molecule has 1 aliphatic heterocycles. The van der Waals surface area contributed by atoms with Crippen LogP contribution in [0.5, 0.6) is 0 Å². The molecule has 5 heteroatoms. The van der Waals surface area contributed by atoms with E-state index in [-0.39, 0.29) is 6.10 Å². The lowest BCUT2D eigenvalue weighted by Gasteiger charge is -2.26. The van der Waals surface area contributed by atoms with Crippen molar-refractivity contribution in [2.45, 2.75) is 38.5 Å². The number of nitrogens with zero attached hydrogens (tertiary/aromatic N) is 2. The Morgan fingerprint density at radius 2 is 2.47 bits per heavy atom. The Morgan fingerprint density at radius 3 is 3.06 bits per heavy atom. The molecular formula is C12H20N2O2S. The van der Waals surface area contributed by atoms with E-state index in [1.165, 1.54) is 0 Å². The molecule has 1 fully saturated rings. The molecule has 0 aliphatic carbocycles. The first kappa shape index (κ1) is 12.9. The standard InChI is InChI=1S/C12H20N2O2S/c1-9(2)14-4-3-10(13-14)7-11(15)12-8-17-6-5-16-12/h3-4,9,11-12,15H,5-8H2,1-2H3. The second-order valence-electron chi connectivity index (χ2n) is 4.64. The molecule has 2 heterocycles. The van der Waals surface area contributed by atoms with E-state index in [2.05, 4.69) is 18.9 Å². The summed E-state index contributed by atoms with van der Waals surface area (Å²) in [6.07, 6.45) is 2.05. The Bertz CT molecular complexity index is 348. The van der Waals surface area contributed by atoms with E-state index in [1.54, 1.807) is 0 Å². The minimum absolute atomic E-state index is 0.0436. The van der Waals surface area contributed by atoms with Crippen LogP contribution >= 0.6 is 11.8 Å². The minimum atomic E-state index is -0.446. The van der Waals surface area contributed by atoms with Gasteiger partial charge in [0.25, 0.3) is 0 Å². The van der Waals surface area contributed by atoms with Crippen molar-refractivity contribution >= 4 is 11.8 Å². The average molecular weight is 256 g/mol. The van der Waals surface area contributed by atoms with Crippen molar-refractivity contribution in [3.63, 3.8) is 0 Å². The Morgan fingerprint density at radius 1 is 1.65 bits per heavy atom.